The minimum Gasteiger partial charge on any atom is -0.448 e. The molecule has 0 saturated heterocycles. The zero-order valence-electron chi connectivity index (χ0n) is 9.68. The molecule has 0 aliphatic heterocycles. The molecule has 0 amide bonds. The monoisotopic (exact) mass is 288 g/mol. The molecule has 0 aromatic heterocycles. The van der Waals surface area contributed by atoms with Gasteiger partial charge in [-0.2, -0.15) is 0 Å². The molecule has 0 bridgehead atoms. The molecule has 19 heavy (non-hydrogen) atoms. The van der Waals surface area contributed by atoms with Crippen molar-refractivity contribution in [2.75, 3.05) is 6.44 Å². The highest BCUT2D eigenvalue weighted by atomic mass is 32.2. The molecule has 0 aliphatic rings. The molecule has 8 heteroatoms. The maximum Gasteiger partial charge on any atom is 0.492 e. The Morgan fingerprint density at radius 3 is 2.32 bits per heavy atom. The van der Waals surface area contributed by atoms with E-state index in [2.05, 4.69) is 0 Å². The van der Waals surface area contributed by atoms with Gasteiger partial charge in [-0.15, -0.1) is 0 Å². The van der Waals surface area contributed by atoms with E-state index in [-0.39, 0.29) is 4.90 Å². The number of rotatable bonds is 4. The van der Waals surface area contributed by atoms with E-state index in [1.54, 1.807) is 35.1 Å². The van der Waals surface area contributed by atoms with Gasteiger partial charge < -0.3 is 12.9 Å². The Kier molecular flexibility index (Phi) is 3.55. The van der Waals surface area contributed by atoms with Crippen LogP contribution in [0.5, 0.6) is 0 Å². The summed E-state index contributed by atoms with van der Waals surface area (Å²) in [6, 6.07) is 11.1. The molecule has 0 saturated carbocycles. The van der Waals surface area contributed by atoms with Gasteiger partial charge in [0.1, 0.15) is 0 Å². The van der Waals surface area contributed by atoms with Crippen LogP contribution in [0.25, 0.3) is 10.8 Å². The molecule has 2 rings (SSSR count). The lowest BCUT2D eigenvalue weighted by molar-refractivity contribution is 0.465. The van der Waals surface area contributed by atoms with Crippen molar-refractivity contribution in [1.82, 2.24) is 4.72 Å². The van der Waals surface area contributed by atoms with Gasteiger partial charge in [-0.3, -0.25) is 0 Å². The fourth-order valence-corrected chi connectivity index (χ4v) is 3.01. The molecule has 0 heterocycles. The Labute approximate surface area is 108 Å². The van der Waals surface area contributed by atoms with E-state index in [0.29, 0.717) is 10.8 Å². The minimum atomic E-state index is -5.20. The van der Waals surface area contributed by atoms with Crippen molar-refractivity contribution in [3.63, 3.8) is 0 Å². The topological polar surface area (TPSA) is 46.2 Å². The zero-order chi connectivity index (χ0) is 14.1. The van der Waals surface area contributed by atoms with Crippen molar-refractivity contribution < 1.29 is 21.4 Å². The summed E-state index contributed by atoms with van der Waals surface area (Å²) in [7, 11) is -4.17. The van der Waals surface area contributed by atoms with E-state index in [9.17, 15) is 21.4 Å². The van der Waals surface area contributed by atoms with Crippen LogP contribution in [-0.2, 0) is 10.0 Å². The summed E-state index contributed by atoms with van der Waals surface area (Å²) in [6.07, 6.45) is -1.52. The molecule has 102 valence electrons. The summed E-state index contributed by atoms with van der Waals surface area (Å²) in [5, 5.41) is 1.05. The quantitative estimate of drug-likeness (QED) is 0.879. The van der Waals surface area contributed by atoms with Crippen LogP contribution in [0.3, 0.4) is 0 Å². The predicted octanol–water partition coefficient (Wildman–Crippen LogP) is 2.50. The van der Waals surface area contributed by atoms with Gasteiger partial charge in [0.25, 0.3) is 0 Å². The summed E-state index contributed by atoms with van der Waals surface area (Å²) in [4.78, 5) is -0.148. The van der Waals surface area contributed by atoms with Gasteiger partial charge in [-0.25, -0.2) is 13.1 Å². The summed E-state index contributed by atoms with van der Waals surface area (Å²) in [5.41, 5.74) is 0. The lowest BCUT2D eigenvalue weighted by Crippen LogP contribution is -2.37. The van der Waals surface area contributed by atoms with Crippen LogP contribution >= 0.6 is 0 Å². The summed E-state index contributed by atoms with van der Waals surface area (Å²) < 4.78 is 61.8. The van der Waals surface area contributed by atoms with Gasteiger partial charge in [0.05, 0.1) is 4.90 Å². The number of nitrogens with one attached hydrogen (secondary N) is 1. The third-order valence-electron chi connectivity index (χ3n) is 2.54. The first kappa shape index (κ1) is 13.9. The van der Waals surface area contributed by atoms with Crippen molar-refractivity contribution in [2.45, 2.75) is 4.90 Å². The summed E-state index contributed by atoms with van der Waals surface area (Å²) in [6.45, 7) is -5.20. The van der Waals surface area contributed by atoms with Crippen molar-refractivity contribution in [3.8, 4) is 0 Å². The lowest BCUT2D eigenvalue weighted by Gasteiger charge is -2.15. The van der Waals surface area contributed by atoms with Crippen LogP contribution in [-0.4, -0.2) is 21.8 Å². The van der Waals surface area contributed by atoms with Crippen molar-refractivity contribution in [2.24, 2.45) is 0 Å². The highest BCUT2D eigenvalue weighted by Gasteiger charge is 2.26. The lowest BCUT2D eigenvalue weighted by atomic mass is 9.93. The normalized spacial score (nSPS) is 12.8. The van der Waals surface area contributed by atoms with E-state index in [0.717, 1.165) is 0 Å². The number of halogens is 3. The Hall–Kier alpha value is -1.54. The summed E-state index contributed by atoms with van der Waals surface area (Å²) in [5.74, 6) is 0. The van der Waals surface area contributed by atoms with E-state index < -0.39 is 23.4 Å². The van der Waals surface area contributed by atoms with Gasteiger partial charge in [0.2, 0.25) is 10.0 Å². The maximum absolute atomic E-state index is 12.2. The maximum atomic E-state index is 12.2. The smallest absolute Gasteiger partial charge is 0.448 e. The highest BCUT2D eigenvalue weighted by Crippen LogP contribution is 2.22. The van der Waals surface area contributed by atoms with E-state index >= 15 is 0 Å². The third kappa shape index (κ3) is 3.27. The first-order valence-corrected chi connectivity index (χ1v) is 6.96. The molecule has 2 aromatic rings. The minimum absolute atomic E-state index is 0.148. The van der Waals surface area contributed by atoms with Crippen LogP contribution in [0.1, 0.15) is 0 Å². The molecule has 2 aromatic carbocycles. The number of fused-ring (bicyclic) bond motifs is 1. The van der Waals surface area contributed by atoms with E-state index in [1.165, 1.54) is 12.1 Å². The van der Waals surface area contributed by atoms with Crippen LogP contribution in [0.15, 0.2) is 47.4 Å². The first-order chi connectivity index (χ1) is 8.80. The SMILES string of the molecule is O=S(=O)(NC[B-](F)(F)F)c1cccc2ccccc12. The van der Waals surface area contributed by atoms with Gasteiger partial charge in [-0.05, 0) is 17.9 Å². The largest absolute Gasteiger partial charge is 0.492 e. The van der Waals surface area contributed by atoms with E-state index in [1.807, 2.05) is 0 Å². The fourth-order valence-electron chi connectivity index (χ4n) is 1.71. The van der Waals surface area contributed by atoms with Crippen molar-refractivity contribution in [3.05, 3.63) is 42.5 Å². The Balaban J connectivity index is 2.44. The third-order valence-corrected chi connectivity index (χ3v) is 4.03. The van der Waals surface area contributed by atoms with Gasteiger partial charge in [0.15, 0.2) is 0 Å². The van der Waals surface area contributed by atoms with Gasteiger partial charge in [-0.1, -0.05) is 36.4 Å². The Morgan fingerprint density at radius 2 is 1.63 bits per heavy atom. The summed E-state index contributed by atoms with van der Waals surface area (Å²) >= 11 is 0. The second-order valence-corrected chi connectivity index (χ2v) is 5.77. The molecule has 1 N–H and O–H groups in total. The Bertz CT molecular complexity index is 695. The standard InChI is InChI=1S/C11H10BF3NO2S/c13-12(14,15)8-16-19(17,18)11-7-3-5-9-4-1-2-6-10(9)11/h1-7,16H,8H2/q-1. The Morgan fingerprint density at radius 1 is 1.00 bits per heavy atom. The average molecular weight is 288 g/mol. The van der Waals surface area contributed by atoms with Crippen LogP contribution in [0.2, 0.25) is 0 Å². The van der Waals surface area contributed by atoms with Crippen LogP contribution in [0, 0.1) is 0 Å². The molecular formula is C11H10BF3NO2S-. The molecule has 0 radical (unpaired) electrons. The van der Waals surface area contributed by atoms with Gasteiger partial charge in [0, 0.05) is 5.39 Å². The number of hydrogen-bond donors (Lipinski definition) is 1. The fraction of sp³-hybridized carbons (Fsp3) is 0.0909. The molecule has 0 spiro atoms. The second-order valence-electron chi connectivity index (χ2n) is 4.04. The van der Waals surface area contributed by atoms with Crippen molar-refractivity contribution >= 4 is 27.8 Å². The molecule has 0 atom stereocenters. The number of sulfonamides is 1. The average Bonchev–Trinajstić information content (AvgIpc) is 2.35. The second kappa shape index (κ2) is 4.86. The number of benzene rings is 2. The first-order valence-electron chi connectivity index (χ1n) is 5.48. The molecule has 0 unspecified atom stereocenters. The zero-order valence-corrected chi connectivity index (χ0v) is 10.5. The molecule has 3 nitrogen and oxygen atoms in total. The van der Waals surface area contributed by atoms with Crippen LogP contribution < -0.4 is 4.72 Å². The van der Waals surface area contributed by atoms with E-state index in [4.69, 9.17) is 0 Å². The van der Waals surface area contributed by atoms with Crippen molar-refractivity contribution in [1.29, 1.82) is 0 Å². The predicted molar refractivity (Wildman–Crippen MR) is 68.2 cm³/mol. The molecular weight excluding hydrogens is 278 g/mol. The van der Waals surface area contributed by atoms with Gasteiger partial charge >= 0.3 is 6.98 Å². The van der Waals surface area contributed by atoms with Crippen LogP contribution in [0.4, 0.5) is 12.9 Å². The molecule has 0 fully saturated rings. The molecule has 0 aliphatic carbocycles. The number of hydrogen-bond acceptors (Lipinski definition) is 2. The highest BCUT2D eigenvalue weighted by molar-refractivity contribution is 7.89.